The van der Waals surface area contributed by atoms with Crippen LogP contribution in [0.3, 0.4) is 0 Å². The number of rotatable bonds is 41. The molecule has 0 aliphatic heterocycles. The summed E-state index contributed by atoms with van der Waals surface area (Å²) in [6.45, 7) is 4.19. The fraction of sp³-hybridized carbons (Fsp3) is 0.783. The van der Waals surface area contributed by atoms with Crippen molar-refractivity contribution in [2.45, 2.75) is 187 Å². The highest BCUT2D eigenvalue weighted by atomic mass is 31.2. The number of hydrogen-bond donors (Lipinski definition) is 2. The van der Waals surface area contributed by atoms with Gasteiger partial charge in [-0.2, -0.15) is 0 Å². The van der Waals surface area contributed by atoms with Crippen molar-refractivity contribution in [3.63, 3.8) is 0 Å². The molecule has 0 amide bonds. The van der Waals surface area contributed by atoms with E-state index in [-0.39, 0.29) is 32.2 Å². The maximum Gasteiger partial charge on any atom is 0.472 e. The minimum atomic E-state index is -4.40. The first-order chi connectivity index (χ1) is 27.9. The summed E-state index contributed by atoms with van der Waals surface area (Å²) in [4.78, 5) is 39.9. The molecule has 0 saturated heterocycles. The van der Waals surface area contributed by atoms with Crippen molar-refractivity contribution in [1.82, 2.24) is 0 Å². The molecule has 0 rings (SSSR count). The lowest BCUT2D eigenvalue weighted by molar-refractivity contribution is -0.870. The van der Waals surface area contributed by atoms with E-state index in [2.05, 4.69) is 30.9 Å². The van der Waals surface area contributed by atoms with Crippen molar-refractivity contribution in [2.75, 3.05) is 47.5 Å². The second-order valence-corrected chi connectivity index (χ2v) is 17.8. The van der Waals surface area contributed by atoms with E-state index in [1.54, 1.807) is 0 Å². The maximum absolute atomic E-state index is 12.7. The number of carbonyl (C=O) groups is 2. The summed E-state index contributed by atoms with van der Waals surface area (Å²) >= 11 is 0. The smallest absolute Gasteiger partial charge is 0.462 e. The van der Waals surface area contributed by atoms with E-state index >= 15 is 0 Å². The number of phosphoric ester groups is 1. The predicted octanol–water partition coefficient (Wildman–Crippen LogP) is 12.2. The number of carbonyl (C=O) groups excluding carboxylic acids is 2. The van der Waals surface area contributed by atoms with Gasteiger partial charge in [-0.15, -0.1) is 0 Å². The van der Waals surface area contributed by atoms with Crippen molar-refractivity contribution >= 4 is 19.8 Å². The van der Waals surface area contributed by atoms with Crippen LogP contribution in [0.4, 0.5) is 0 Å². The van der Waals surface area contributed by atoms with Crippen molar-refractivity contribution < 1.29 is 52.2 Å². The Hall–Kier alpha value is -2.11. The molecule has 0 aromatic carbocycles. The van der Waals surface area contributed by atoms with Gasteiger partial charge in [-0.3, -0.25) is 23.9 Å². The Bertz CT molecular complexity index is 1150. The normalized spacial score (nSPS) is 14.5. The molecule has 0 saturated carbocycles. The summed E-state index contributed by atoms with van der Waals surface area (Å²) in [5, 5.41) is 9.01. The van der Waals surface area contributed by atoms with Gasteiger partial charge in [0.1, 0.15) is 25.9 Å². The third-order valence-corrected chi connectivity index (χ3v) is 10.6. The van der Waals surface area contributed by atoms with Crippen LogP contribution < -0.4 is 0 Å². The molecule has 0 aromatic rings. The van der Waals surface area contributed by atoms with Crippen LogP contribution in [0.15, 0.2) is 48.6 Å². The Morgan fingerprint density at radius 2 is 1.17 bits per heavy atom. The van der Waals surface area contributed by atoms with Gasteiger partial charge in [0.15, 0.2) is 6.10 Å². The predicted molar refractivity (Wildman–Crippen MR) is 236 cm³/mol. The largest absolute Gasteiger partial charge is 0.472 e. The molecular weight excluding hydrogens is 757 g/mol. The number of phosphoric acid groups is 1. The van der Waals surface area contributed by atoms with Crippen LogP contribution >= 0.6 is 7.82 Å². The number of unbranched alkanes of at least 4 members (excludes halogenated alkanes) is 17. The zero-order valence-electron chi connectivity index (χ0n) is 37.3. The van der Waals surface area contributed by atoms with Crippen LogP contribution in [0.25, 0.3) is 0 Å². The van der Waals surface area contributed by atoms with E-state index in [4.69, 9.17) is 23.8 Å². The highest BCUT2D eigenvalue weighted by molar-refractivity contribution is 7.47. The molecule has 58 heavy (non-hydrogen) atoms. The molecule has 0 aromatic heterocycles. The molecular formula is C46H85NO10P+. The molecule has 0 bridgehead atoms. The SMILES string of the molecule is CCCCCCCCCCCCCCCCCC(=O)OC[C@H](COP(=O)(O)OCC[N+](C)(C)C)OC(=O)CCC/C=C/C/C=C/C/C=C/C=C/[C@H](CCCCC)OO. The van der Waals surface area contributed by atoms with Gasteiger partial charge in [-0.1, -0.05) is 172 Å². The lowest BCUT2D eigenvalue weighted by atomic mass is 10.0. The van der Waals surface area contributed by atoms with Gasteiger partial charge in [0.2, 0.25) is 0 Å². The van der Waals surface area contributed by atoms with E-state index in [1.807, 2.05) is 57.6 Å². The van der Waals surface area contributed by atoms with Crippen LogP contribution in [0.1, 0.15) is 174 Å². The summed E-state index contributed by atoms with van der Waals surface area (Å²) in [6, 6.07) is 0. The summed E-state index contributed by atoms with van der Waals surface area (Å²) in [5.74, 6) is -0.897. The van der Waals surface area contributed by atoms with Gasteiger partial charge in [0, 0.05) is 12.8 Å². The zero-order valence-corrected chi connectivity index (χ0v) is 38.2. The summed E-state index contributed by atoms with van der Waals surface area (Å²) in [7, 11) is 1.40. The molecule has 3 atom stereocenters. The minimum Gasteiger partial charge on any atom is -0.462 e. The van der Waals surface area contributed by atoms with E-state index < -0.39 is 32.5 Å². The number of nitrogens with zero attached hydrogens (tertiary/aromatic N) is 1. The number of ether oxygens (including phenoxy) is 2. The van der Waals surface area contributed by atoms with Crippen molar-refractivity contribution in [3.05, 3.63) is 48.6 Å². The molecule has 0 spiro atoms. The van der Waals surface area contributed by atoms with Crippen molar-refractivity contribution in [3.8, 4) is 0 Å². The highest BCUT2D eigenvalue weighted by Gasteiger charge is 2.27. The molecule has 0 aliphatic rings. The Morgan fingerprint density at radius 3 is 1.76 bits per heavy atom. The highest BCUT2D eigenvalue weighted by Crippen LogP contribution is 2.43. The number of likely N-dealkylation sites (N-methyl/N-ethyl adjacent to an activating group) is 1. The molecule has 0 fully saturated rings. The van der Waals surface area contributed by atoms with Crippen molar-refractivity contribution in [1.29, 1.82) is 0 Å². The van der Waals surface area contributed by atoms with E-state index in [0.29, 0.717) is 23.9 Å². The van der Waals surface area contributed by atoms with Gasteiger partial charge in [-0.05, 0) is 38.5 Å². The van der Waals surface area contributed by atoms with Gasteiger partial charge >= 0.3 is 19.8 Å². The molecule has 11 nitrogen and oxygen atoms in total. The number of hydrogen-bond acceptors (Lipinski definition) is 9. The van der Waals surface area contributed by atoms with Crippen LogP contribution in [-0.2, 0) is 37.6 Å². The fourth-order valence-corrected chi connectivity index (χ4v) is 6.70. The average molecular weight is 843 g/mol. The lowest BCUT2D eigenvalue weighted by Gasteiger charge is -2.24. The number of esters is 2. The van der Waals surface area contributed by atoms with Gasteiger partial charge in [0.25, 0.3) is 0 Å². The van der Waals surface area contributed by atoms with Crippen LogP contribution in [-0.4, -0.2) is 86.3 Å². The van der Waals surface area contributed by atoms with Crippen LogP contribution in [0.5, 0.6) is 0 Å². The maximum atomic E-state index is 12.7. The van der Waals surface area contributed by atoms with Crippen LogP contribution in [0, 0.1) is 0 Å². The Labute approximate surface area is 353 Å². The Morgan fingerprint density at radius 1 is 0.638 bits per heavy atom. The quantitative estimate of drug-likeness (QED) is 0.00894. The number of allylic oxidation sites excluding steroid dienone is 7. The topological polar surface area (TPSA) is 138 Å². The van der Waals surface area contributed by atoms with E-state index in [1.165, 1.54) is 77.0 Å². The first kappa shape index (κ1) is 55.9. The molecule has 0 heterocycles. The standard InChI is InChI=1S/C46H84NO10P/c1-6-8-10-11-12-13-14-15-16-17-20-23-26-29-33-37-45(48)53-41-44(42-55-58(51,52)54-40-39-47(3,4)5)56-46(49)38-34-30-27-24-21-18-19-22-25-28-32-36-43(57-50)35-31-9-7-2/h18-19,24-25,27-28,32,36,43-44H,6-17,20-23,26,29-31,33-35,37-42H2,1-5H3,(H-,50,51,52)/p+1/b19-18+,27-24+,28-25+,36-32+/t43-,44+/m0/s1. The first-order valence-electron chi connectivity index (χ1n) is 22.6. The first-order valence-corrected chi connectivity index (χ1v) is 24.1. The average Bonchev–Trinajstić information content (AvgIpc) is 3.17. The Kier molecular flexibility index (Phi) is 37.6. The van der Waals surface area contributed by atoms with Gasteiger partial charge in [0.05, 0.1) is 27.7 Å². The third kappa shape index (κ3) is 40.7. The lowest BCUT2D eigenvalue weighted by Crippen LogP contribution is -2.37. The summed E-state index contributed by atoms with van der Waals surface area (Å²) in [5.41, 5.74) is 0. The zero-order chi connectivity index (χ0) is 43.0. The van der Waals surface area contributed by atoms with Crippen molar-refractivity contribution in [2.24, 2.45) is 0 Å². The minimum absolute atomic E-state index is 0.00982. The summed E-state index contributed by atoms with van der Waals surface area (Å²) < 4.78 is 34.2. The molecule has 1 unspecified atom stereocenters. The van der Waals surface area contributed by atoms with E-state index in [0.717, 1.165) is 57.8 Å². The summed E-state index contributed by atoms with van der Waals surface area (Å²) in [6.07, 6.45) is 40.5. The second kappa shape index (κ2) is 39.1. The van der Waals surface area contributed by atoms with Gasteiger partial charge in [-0.25, -0.2) is 9.45 Å². The van der Waals surface area contributed by atoms with Crippen LogP contribution in [0.2, 0.25) is 0 Å². The third-order valence-electron chi connectivity index (χ3n) is 9.58. The molecule has 2 N–H and O–H groups in total. The van der Waals surface area contributed by atoms with E-state index in [9.17, 15) is 19.0 Å². The molecule has 0 radical (unpaired) electrons. The fourth-order valence-electron chi connectivity index (χ4n) is 5.96. The Balaban J connectivity index is 4.51. The van der Waals surface area contributed by atoms with Gasteiger partial charge < -0.3 is 18.9 Å². The monoisotopic (exact) mass is 843 g/mol. The number of quaternary nitrogens is 1. The molecule has 338 valence electrons. The molecule has 0 aliphatic carbocycles. The second-order valence-electron chi connectivity index (χ2n) is 16.4. The molecule has 12 heteroatoms.